The molecule has 0 aromatic heterocycles. The molecule has 0 N–H and O–H groups in total. The van der Waals surface area contributed by atoms with E-state index in [-0.39, 0.29) is 16.7 Å². The smallest absolute Gasteiger partial charge is 0.255 e. The fourth-order valence-corrected chi connectivity index (χ4v) is 3.45. The average Bonchev–Trinajstić information content (AvgIpc) is 2.60. The van der Waals surface area contributed by atoms with Crippen molar-refractivity contribution in [2.75, 3.05) is 26.2 Å². The highest BCUT2D eigenvalue weighted by atomic mass is 35.5. The van der Waals surface area contributed by atoms with Crippen molar-refractivity contribution in [1.82, 2.24) is 9.80 Å². The summed E-state index contributed by atoms with van der Waals surface area (Å²) in [6, 6.07) is 9.47. The highest BCUT2D eigenvalue weighted by Crippen LogP contribution is 2.27. The summed E-state index contributed by atoms with van der Waals surface area (Å²) in [5, 5.41) is 1.08. The highest BCUT2D eigenvalue weighted by Gasteiger charge is 2.24. The number of piperazine rings is 1. The molecule has 1 aliphatic rings. The predicted molar refractivity (Wildman–Crippen MR) is 99.1 cm³/mol. The Kier molecular flexibility index (Phi) is 5.85. The minimum Gasteiger partial charge on any atom is -0.336 e. The zero-order valence-electron chi connectivity index (χ0n) is 13.3. The molecule has 7 heteroatoms. The molecule has 0 atom stereocenters. The van der Waals surface area contributed by atoms with E-state index in [0.29, 0.717) is 48.3 Å². The molecule has 0 unspecified atom stereocenters. The molecule has 1 saturated heterocycles. The van der Waals surface area contributed by atoms with E-state index in [1.807, 2.05) is 0 Å². The maximum Gasteiger partial charge on any atom is 0.255 e. The van der Waals surface area contributed by atoms with Crippen LogP contribution in [0.1, 0.15) is 15.9 Å². The van der Waals surface area contributed by atoms with Crippen molar-refractivity contribution in [3.63, 3.8) is 0 Å². The van der Waals surface area contributed by atoms with Gasteiger partial charge in [0.2, 0.25) is 0 Å². The monoisotopic (exact) mass is 400 g/mol. The molecule has 1 aliphatic heterocycles. The molecule has 1 amide bonds. The number of amides is 1. The van der Waals surface area contributed by atoms with Gasteiger partial charge in [-0.05, 0) is 29.8 Å². The van der Waals surface area contributed by atoms with Crippen LogP contribution in [0.3, 0.4) is 0 Å². The first-order valence-electron chi connectivity index (χ1n) is 7.85. The predicted octanol–water partition coefficient (Wildman–Crippen LogP) is 4.74. The molecule has 3 nitrogen and oxygen atoms in total. The van der Waals surface area contributed by atoms with E-state index < -0.39 is 0 Å². The number of halogens is 4. The van der Waals surface area contributed by atoms with Crippen LogP contribution in [-0.4, -0.2) is 41.9 Å². The topological polar surface area (TPSA) is 23.6 Å². The van der Waals surface area contributed by atoms with E-state index in [1.165, 1.54) is 12.1 Å². The molecule has 25 heavy (non-hydrogen) atoms. The van der Waals surface area contributed by atoms with E-state index in [0.717, 1.165) is 5.56 Å². The average molecular weight is 402 g/mol. The first kappa shape index (κ1) is 18.5. The van der Waals surface area contributed by atoms with Crippen LogP contribution < -0.4 is 0 Å². The Morgan fingerprint density at radius 3 is 2.40 bits per heavy atom. The van der Waals surface area contributed by atoms with Crippen LogP contribution >= 0.6 is 34.8 Å². The molecule has 0 spiro atoms. The number of benzene rings is 2. The Balaban J connectivity index is 1.61. The normalized spacial score (nSPS) is 15.4. The third-order valence-corrected chi connectivity index (χ3v) is 5.42. The van der Waals surface area contributed by atoms with Crippen molar-refractivity contribution in [3.05, 3.63) is 68.4 Å². The van der Waals surface area contributed by atoms with Gasteiger partial charge in [0, 0.05) is 37.7 Å². The molecule has 1 fully saturated rings. The van der Waals surface area contributed by atoms with Gasteiger partial charge in [0.25, 0.3) is 5.91 Å². The van der Waals surface area contributed by atoms with Gasteiger partial charge in [-0.15, -0.1) is 0 Å². The quantitative estimate of drug-likeness (QED) is 0.741. The summed E-state index contributed by atoms with van der Waals surface area (Å²) in [4.78, 5) is 16.6. The van der Waals surface area contributed by atoms with Crippen LogP contribution in [0.15, 0.2) is 36.4 Å². The zero-order chi connectivity index (χ0) is 18.0. The van der Waals surface area contributed by atoms with E-state index >= 15 is 0 Å². The summed E-state index contributed by atoms with van der Waals surface area (Å²) in [5.74, 6) is -0.463. The van der Waals surface area contributed by atoms with Crippen molar-refractivity contribution >= 4 is 40.7 Å². The molecule has 0 radical (unpaired) electrons. The molecule has 2 aromatic carbocycles. The third kappa shape index (κ3) is 4.26. The second-order valence-corrected chi connectivity index (χ2v) is 7.10. The SMILES string of the molecule is O=C(c1cccc(Cl)c1Cl)N1CCN(Cc2ccc(F)cc2Cl)CC1. The third-order valence-electron chi connectivity index (χ3n) is 4.25. The van der Waals surface area contributed by atoms with Crippen LogP contribution in [0, 0.1) is 5.82 Å². The van der Waals surface area contributed by atoms with Gasteiger partial charge in [0.15, 0.2) is 0 Å². The van der Waals surface area contributed by atoms with Crippen LogP contribution in [0.5, 0.6) is 0 Å². The van der Waals surface area contributed by atoms with Gasteiger partial charge in [-0.3, -0.25) is 9.69 Å². The van der Waals surface area contributed by atoms with Crippen molar-refractivity contribution in [3.8, 4) is 0 Å². The van der Waals surface area contributed by atoms with Gasteiger partial charge >= 0.3 is 0 Å². The maximum absolute atomic E-state index is 13.1. The summed E-state index contributed by atoms with van der Waals surface area (Å²) in [7, 11) is 0. The molecule has 1 heterocycles. The standard InChI is InChI=1S/C18H16Cl3FN2O/c19-15-3-1-2-14(17(15)21)18(25)24-8-6-23(7-9-24)11-12-4-5-13(22)10-16(12)20/h1-5,10H,6-9,11H2. The van der Waals surface area contributed by atoms with Gasteiger partial charge < -0.3 is 4.90 Å². The van der Waals surface area contributed by atoms with E-state index in [2.05, 4.69) is 4.90 Å². The molecule has 0 saturated carbocycles. The number of hydrogen-bond acceptors (Lipinski definition) is 2. The Hall–Kier alpha value is -1.33. The molecule has 3 rings (SSSR count). The second-order valence-electron chi connectivity index (χ2n) is 5.91. The van der Waals surface area contributed by atoms with Gasteiger partial charge in [-0.2, -0.15) is 0 Å². The van der Waals surface area contributed by atoms with Gasteiger partial charge in [0.05, 0.1) is 15.6 Å². The number of hydrogen-bond donors (Lipinski definition) is 0. The fraction of sp³-hybridized carbons (Fsp3) is 0.278. The Labute approximate surface area is 160 Å². The summed E-state index contributed by atoms with van der Waals surface area (Å²) < 4.78 is 13.1. The Morgan fingerprint density at radius 1 is 1.00 bits per heavy atom. The van der Waals surface area contributed by atoms with E-state index in [9.17, 15) is 9.18 Å². The minimum absolute atomic E-state index is 0.119. The van der Waals surface area contributed by atoms with Crippen LogP contribution in [0.4, 0.5) is 4.39 Å². The lowest BCUT2D eigenvalue weighted by Gasteiger charge is -2.35. The summed E-state index contributed by atoms with van der Waals surface area (Å²) in [6.45, 7) is 3.20. The number of rotatable bonds is 3. The summed E-state index contributed by atoms with van der Waals surface area (Å²) in [6.07, 6.45) is 0. The molecule has 0 bridgehead atoms. The number of carbonyl (C=O) groups excluding carboxylic acids is 1. The van der Waals surface area contributed by atoms with E-state index in [4.69, 9.17) is 34.8 Å². The number of nitrogens with zero attached hydrogens (tertiary/aromatic N) is 2. The fourth-order valence-electron chi connectivity index (χ4n) is 2.84. The molecule has 2 aromatic rings. The summed E-state index contributed by atoms with van der Waals surface area (Å²) in [5.41, 5.74) is 1.30. The van der Waals surface area contributed by atoms with Gasteiger partial charge in [-0.25, -0.2) is 4.39 Å². The van der Waals surface area contributed by atoms with Gasteiger partial charge in [0.1, 0.15) is 5.82 Å². The van der Waals surface area contributed by atoms with Gasteiger partial charge in [-0.1, -0.05) is 46.9 Å². The lowest BCUT2D eigenvalue weighted by Crippen LogP contribution is -2.48. The van der Waals surface area contributed by atoms with Crippen molar-refractivity contribution < 1.29 is 9.18 Å². The molecular weight excluding hydrogens is 386 g/mol. The second kappa shape index (κ2) is 7.92. The Bertz CT molecular complexity index is 792. The summed E-state index contributed by atoms with van der Waals surface area (Å²) >= 11 is 18.2. The minimum atomic E-state index is -0.345. The molecule has 0 aliphatic carbocycles. The van der Waals surface area contributed by atoms with Crippen molar-refractivity contribution in [2.24, 2.45) is 0 Å². The van der Waals surface area contributed by atoms with E-state index in [1.54, 1.807) is 29.2 Å². The molecule has 132 valence electrons. The lowest BCUT2D eigenvalue weighted by molar-refractivity contribution is 0.0628. The lowest BCUT2D eigenvalue weighted by atomic mass is 10.1. The first-order chi connectivity index (χ1) is 12.0. The largest absolute Gasteiger partial charge is 0.336 e. The van der Waals surface area contributed by atoms with Crippen LogP contribution in [0.25, 0.3) is 0 Å². The number of carbonyl (C=O) groups is 1. The zero-order valence-corrected chi connectivity index (χ0v) is 15.6. The first-order valence-corrected chi connectivity index (χ1v) is 8.98. The van der Waals surface area contributed by atoms with Crippen molar-refractivity contribution in [2.45, 2.75) is 6.54 Å². The van der Waals surface area contributed by atoms with Crippen LogP contribution in [0.2, 0.25) is 15.1 Å². The Morgan fingerprint density at radius 2 is 1.72 bits per heavy atom. The molecular formula is C18H16Cl3FN2O. The van der Waals surface area contributed by atoms with Crippen molar-refractivity contribution in [1.29, 1.82) is 0 Å². The van der Waals surface area contributed by atoms with Crippen LogP contribution in [-0.2, 0) is 6.54 Å². The maximum atomic E-state index is 13.1. The highest BCUT2D eigenvalue weighted by molar-refractivity contribution is 6.43.